The summed E-state index contributed by atoms with van der Waals surface area (Å²) in [6.07, 6.45) is 4.48. The van der Waals surface area contributed by atoms with Gasteiger partial charge in [-0.1, -0.05) is 18.7 Å². The van der Waals surface area contributed by atoms with Gasteiger partial charge < -0.3 is 5.32 Å². The highest BCUT2D eigenvalue weighted by atomic mass is 16.2. The van der Waals surface area contributed by atoms with Crippen molar-refractivity contribution in [2.75, 3.05) is 10.2 Å². The third kappa shape index (κ3) is 2.88. The van der Waals surface area contributed by atoms with Gasteiger partial charge in [0.05, 0.1) is 5.69 Å². The van der Waals surface area contributed by atoms with Gasteiger partial charge in [-0.25, -0.2) is 0 Å². The van der Waals surface area contributed by atoms with E-state index in [0.717, 1.165) is 5.57 Å². The van der Waals surface area contributed by atoms with Crippen LogP contribution in [0.1, 0.15) is 13.8 Å². The lowest BCUT2D eigenvalue weighted by Gasteiger charge is -2.28. The van der Waals surface area contributed by atoms with Crippen LogP contribution in [0.3, 0.4) is 0 Å². The Morgan fingerprint density at radius 2 is 2.14 bits per heavy atom. The molecule has 1 heterocycles. The Hall–Kier alpha value is -2.95. The SMILES string of the molecule is C=CC(=O)Nc1cccc(N2C(=N)/C(=C\C)C(C)=CC2=O)c1. The number of nitrogens with one attached hydrogen (secondary N) is 2. The number of nitrogens with zero attached hydrogens (tertiary/aromatic N) is 1. The van der Waals surface area contributed by atoms with Crippen LogP contribution in [-0.2, 0) is 9.59 Å². The van der Waals surface area contributed by atoms with Crippen LogP contribution in [0.2, 0.25) is 0 Å². The van der Waals surface area contributed by atoms with Crippen LogP contribution in [0.25, 0.3) is 0 Å². The van der Waals surface area contributed by atoms with Gasteiger partial charge in [0.15, 0.2) is 0 Å². The van der Waals surface area contributed by atoms with Crippen LogP contribution in [0.5, 0.6) is 0 Å². The quantitative estimate of drug-likeness (QED) is 0.841. The van der Waals surface area contributed by atoms with Gasteiger partial charge in [0.1, 0.15) is 5.84 Å². The molecule has 0 fully saturated rings. The van der Waals surface area contributed by atoms with E-state index in [0.29, 0.717) is 16.9 Å². The first-order chi connectivity index (χ1) is 10.5. The topological polar surface area (TPSA) is 73.3 Å². The van der Waals surface area contributed by atoms with Crippen LogP contribution < -0.4 is 10.2 Å². The predicted molar refractivity (Wildman–Crippen MR) is 88.0 cm³/mol. The number of carbonyl (C=O) groups is 2. The third-order valence-corrected chi connectivity index (χ3v) is 3.31. The molecular weight excluding hydrogens is 278 g/mol. The molecule has 5 heteroatoms. The summed E-state index contributed by atoms with van der Waals surface area (Å²) < 4.78 is 0. The minimum absolute atomic E-state index is 0.125. The molecule has 1 aromatic carbocycles. The van der Waals surface area contributed by atoms with Crippen molar-refractivity contribution in [1.29, 1.82) is 5.41 Å². The first-order valence-electron chi connectivity index (χ1n) is 6.79. The molecule has 1 aliphatic heterocycles. The average molecular weight is 295 g/mol. The Bertz CT molecular complexity index is 729. The minimum Gasteiger partial charge on any atom is -0.322 e. The molecule has 0 saturated heterocycles. The molecule has 0 saturated carbocycles. The summed E-state index contributed by atoms with van der Waals surface area (Å²) in [5.74, 6) is -0.484. The van der Waals surface area contributed by atoms with Gasteiger partial charge in [-0.2, -0.15) is 0 Å². The maximum atomic E-state index is 12.2. The normalized spacial score (nSPS) is 16.5. The number of benzene rings is 1. The monoisotopic (exact) mass is 295 g/mol. The second kappa shape index (κ2) is 6.22. The van der Waals surface area contributed by atoms with Crippen LogP contribution in [0, 0.1) is 5.41 Å². The average Bonchev–Trinajstić information content (AvgIpc) is 2.47. The van der Waals surface area contributed by atoms with Crippen molar-refractivity contribution in [3.8, 4) is 0 Å². The van der Waals surface area contributed by atoms with E-state index in [1.54, 1.807) is 37.3 Å². The lowest BCUT2D eigenvalue weighted by atomic mass is 10.0. The van der Waals surface area contributed by atoms with Crippen molar-refractivity contribution in [3.05, 3.63) is 60.2 Å². The molecule has 0 aliphatic carbocycles. The van der Waals surface area contributed by atoms with Gasteiger partial charge in [0.2, 0.25) is 5.91 Å². The summed E-state index contributed by atoms with van der Waals surface area (Å²) in [6, 6.07) is 6.79. The van der Waals surface area contributed by atoms with E-state index in [1.807, 2.05) is 6.92 Å². The van der Waals surface area contributed by atoms with E-state index in [2.05, 4.69) is 11.9 Å². The highest BCUT2D eigenvalue weighted by Crippen LogP contribution is 2.27. The van der Waals surface area contributed by atoms with Crippen LogP contribution in [-0.4, -0.2) is 17.6 Å². The van der Waals surface area contributed by atoms with E-state index < -0.39 is 0 Å². The number of allylic oxidation sites excluding steroid dienone is 1. The summed E-state index contributed by atoms with van der Waals surface area (Å²) in [5.41, 5.74) is 2.54. The number of hydrogen-bond donors (Lipinski definition) is 2. The molecule has 2 rings (SSSR count). The van der Waals surface area contributed by atoms with Gasteiger partial charge in [-0.15, -0.1) is 0 Å². The number of carbonyl (C=O) groups excluding carboxylic acids is 2. The van der Waals surface area contributed by atoms with E-state index in [1.165, 1.54) is 17.1 Å². The van der Waals surface area contributed by atoms with Crippen molar-refractivity contribution in [3.63, 3.8) is 0 Å². The molecule has 2 amide bonds. The first-order valence-corrected chi connectivity index (χ1v) is 6.79. The first kappa shape index (κ1) is 15.4. The molecule has 112 valence electrons. The maximum absolute atomic E-state index is 12.2. The Morgan fingerprint density at radius 1 is 1.41 bits per heavy atom. The number of rotatable bonds is 3. The molecular formula is C17H17N3O2. The molecule has 0 spiro atoms. The highest BCUT2D eigenvalue weighted by molar-refractivity contribution is 6.29. The van der Waals surface area contributed by atoms with Crippen molar-refractivity contribution in [1.82, 2.24) is 0 Å². The van der Waals surface area contributed by atoms with Crippen molar-refractivity contribution < 1.29 is 9.59 Å². The largest absolute Gasteiger partial charge is 0.322 e. The lowest BCUT2D eigenvalue weighted by Crippen LogP contribution is -2.39. The Kier molecular flexibility index (Phi) is 4.36. The Labute approximate surface area is 129 Å². The fourth-order valence-electron chi connectivity index (χ4n) is 2.28. The molecule has 2 N–H and O–H groups in total. The molecule has 5 nitrogen and oxygen atoms in total. The van der Waals surface area contributed by atoms with E-state index in [9.17, 15) is 9.59 Å². The van der Waals surface area contributed by atoms with Gasteiger partial charge in [-0.05, 0) is 43.7 Å². The molecule has 0 radical (unpaired) electrons. The summed E-state index contributed by atoms with van der Waals surface area (Å²) in [4.78, 5) is 24.9. The predicted octanol–water partition coefficient (Wildman–Crippen LogP) is 3.03. The number of amidine groups is 1. The van der Waals surface area contributed by atoms with Gasteiger partial charge in [-0.3, -0.25) is 19.9 Å². The van der Waals surface area contributed by atoms with E-state index in [4.69, 9.17) is 5.41 Å². The maximum Gasteiger partial charge on any atom is 0.257 e. The number of amides is 2. The fraction of sp³-hybridized carbons (Fsp3) is 0.118. The van der Waals surface area contributed by atoms with E-state index >= 15 is 0 Å². The van der Waals surface area contributed by atoms with E-state index in [-0.39, 0.29) is 17.6 Å². The Balaban J connectivity index is 2.41. The zero-order valence-corrected chi connectivity index (χ0v) is 12.5. The van der Waals surface area contributed by atoms with Gasteiger partial charge in [0, 0.05) is 17.3 Å². The van der Waals surface area contributed by atoms with Crippen molar-refractivity contribution in [2.45, 2.75) is 13.8 Å². The summed E-state index contributed by atoms with van der Waals surface area (Å²) in [6.45, 7) is 7.03. The minimum atomic E-state index is -0.331. The molecule has 22 heavy (non-hydrogen) atoms. The van der Waals surface area contributed by atoms with Gasteiger partial charge in [0.25, 0.3) is 5.91 Å². The zero-order chi connectivity index (χ0) is 16.3. The highest BCUT2D eigenvalue weighted by Gasteiger charge is 2.27. The number of hydrogen-bond acceptors (Lipinski definition) is 3. The second-order valence-electron chi connectivity index (χ2n) is 4.80. The molecule has 1 aliphatic rings. The third-order valence-electron chi connectivity index (χ3n) is 3.31. The second-order valence-corrected chi connectivity index (χ2v) is 4.80. The Morgan fingerprint density at radius 3 is 2.77 bits per heavy atom. The van der Waals surface area contributed by atoms with Crippen LogP contribution >= 0.6 is 0 Å². The molecule has 0 unspecified atom stereocenters. The summed E-state index contributed by atoms with van der Waals surface area (Å²) in [7, 11) is 0. The van der Waals surface area contributed by atoms with Crippen molar-refractivity contribution >= 4 is 29.0 Å². The number of anilines is 2. The standard InChI is InChI=1S/C17H17N3O2/c1-4-14-11(3)9-16(22)20(17(14)18)13-8-6-7-12(10-13)19-15(21)5-2/h4-10,18H,2H2,1,3H3,(H,19,21)/b14-4-,18-17?. The smallest absolute Gasteiger partial charge is 0.257 e. The molecule has 0 atom stereocenters. The fourth-order valence-corrected chi connectivity index (χ4v) is 2.28. The summed E-state index contributed by atoms with van der Waals surface area (Å²) in [5, 5.41) is 10.9. The summed E-state index contributed by atoms with van der Waals surface area (Å²) >= 11 is 0. The van der Waals surface area contributed by atoms with Gasteiger partial charge >= 0.3 is 0 Å². The van der Waals surface area contributed by atoms with Crippen LogP contribution in [0.15, 0.2) is 60.2 Å². The zero-order valence-electron chi connectivity index (χ0n) is 12.5. The molecule has 0 aromatic heterocycles. The molecule has 1 aromatic rings. The lowest BCUT2D eigenvalue weighted by molar-refractivity contribution is -0.113. The molecule has 0 bridgehead atoms. The van der Waals surface area contributed by atoms with Crippen LogP contribution in [0.4, 0.5) is 11.4 Å². The van der Waals surface area contributed by atoms with Crippen molar-refractivity contribution in [2.24, 2.45) is 0 Å².